The van der Waals surface area contributed by atoms with Crippen LogP contribution in [0.3, 0.4) is 0 Å². The van der Waals surface area contributed by atoms with Gasteiger partial charge < -0.3 is 10.6 Å². The molecule has 0 amide bonds. The lowest BCUT2D eigenvalue weighted by molar-refractivity contribution is 0.546. The Morgan fingerprint density at radius 2 is 1.82 bits per heavy atom. The molecular formula is C15H26N2. The van der Waals surface area contributed by atoms with E-state index in [1.165, 1.54) is 17.7 Å². The average Bonchev–Trinajstić information content (AvgIpc) is 2.35. The Bertz CT molecular complexity index is 333. The highest BCUT2D eigenvalue weighted by atomic mass is 15.1. The Morgan fingerprint density at radius 1 is 1.18 bits per heavy atom. The zero-order valence-electron chi connectivity index (χ0n) is 11.6. The fourth-order valence-corrected chi connectivity index (χ4v) is 2.06. The molecule has 0 saturated carbocycles. The van der Waals surface area contributed by atoms with Crippen LogP contribution in [0.1, 0.15) is 45.7 Å². The monoisotopic (exact) mass is 234 g/mol. The molecule has 0 radical (unpaired) electrons. The Labute approximate surface area is 106 Å². The van der Waals surface area contributed by atoms with Crippen molar-refractivity contribution in [2.24, 2.45) is 11.7 Å². The summed E-state index contributed by atoms with van der Waals surface area (Å²) in [5.41, 5.74) is 8.59. The normalized spacial score (nSPS) is 14.4. The van der Waals surface area contributed by atoms with Gasteiger partial charge in [-0.05, 0) is 31.4 Å². The molecule has 0 bridgehead atoms. The predicted octanol–water partition coefficient (Wildman–Crippen LogP) is 3.58. The molecular weight excluding hydrogens is 208 g/mol. The maximum Gasteiger partial charge on any atom is 0.0414 e. The van der Waals surface area contributed by atoms with Crippen molar-refractivity contribution in [2.45, 2.75) is 40.2 Å². The van der Waals surface area contributed by atoms with Crippen molar-refractivity contribution in [3.05, 3.63) is 29.8 Å². The van der Waals surface area contributed by atoms with Crippen LogP contribution in [0.4, 0.5) is 5.69 Å². The molecule has 0 aliphatic carbocycles. The van der Waals surface area contributed by atoms with Gasteiger partial charge in [0.15, 0.2) is 0 Å². The number of para-hydroxylation sites is 1. The van der Waals surface area contributed by atoms with Gasteiger partial charge in [0.05, 0.1) is 0 Å². The third kappa shape index (κ3) is 3.74. The Morgan fingerprint density at radius 3 is 2.35 bits per heavy atom. The Kier molecular flexibility index (Phi) is 5.49. The van der Waals surface area contributed by atoms with Crippen molar-refractivity contribution in [3.8, 4) is 0 Å². The summed E-state index contributed by atoms with van der Waals surface area (Å²) in [5, 5.41) is 0. The lowest BCUT2D eigenvalue weighted by atomic mass is 10.0. The lowest BCUT2D eigenvalue weighted by Crippen LogP contribution is -2.29. The van der Waals surface area contributed by atoms with E-state index in [4.69, 9.17) is 5.73 Å². The number of hydrogen-bond donors (Lipinski definition) is 1. The SMILES string of the molecule is CCC(C)CN(CC)c1ccccc1[C@@H](C)N. The number of hydrogen-bond acceptors (Lipinski definition) is 2. The first-order valence-electron chi connectivity index (χ1n) is 6.69. The quantitative estimate of drug-likeness (QED) is 0.815. The van der Waals surface area contributed by atoms with Gasteiger partial charge in [0.25, 0.3) is 0 Å². The molecule has 0 spiro atoms. The van der Waals surface area contributed by atoms with Crippen LogP contribution >= 0.6 is 0 Å². The van der Waals surface area contributed by atoms with Crippen LogP contribution in [0.5, 0.6) is 0 Å². The van der Waals surface area contributed by atoms with E-state index in [-0.39, 0.29) is 6.04 Å². The average molecular weight is 234 g/mol. The number of nitrogens with two attached hydrogens (primary N) is 1. The van der Waals surface area contributed by atoms with E-state index in [0.717, 1.165) is 19.0 Å². The number of nitrogens with zero attached hydrogens (tertiary/aromatic N) is 1. The van der Waals surface area contributed by atoms with Crippen molar-refractivity contribution in [3.63, 3.8) is 0 Å². The largest absolute Gasteiger partial charge is 0.371 e. The van der Waals surface area contributed by atoms with Gasteiger partial charge in [-0.15, -0.1) is 0 Å². The smallest absolute Gasteiger partial charge is 0.0414 e. The summed E-state index contributed by atoms with van der Waals surface area (Å²) >= 11 is 0. The third-order valence-corrected chi connectivity index (χ3v) is 3.38. The van der Waals surface area contributed by atoms with Gasteiger partial charge in [0.2, 0.25) is 0 Å². The maximum absolute atomic E-state index is 6.04. The molecule has 0 aliphatic heterocycles. The van der Waals surface area contributed by atoms with Gasteiger partial charge in [-0.1, -0.05) is 38.5 Å². The standard InChI is InChI=1S/C15H26N2/c1-5-12(3)11-17(6-2)15-10-8-7-9-14(15)13(4)16/h7-10,12-13H,5-6,11,16H2,1-4H3/t12?,13-/m1/s1. The van der Waals surface area contributed by atoms with E-state index < -0.39 is 0 Å². The van der Waals surface area contributed by atoms with Crippen LogP contribution in [0.2, 0.25) is 0 Å². The first-order valence-corrected chi connectivity index (χ1v) is 6.69. The van der Waals surface area contributed by atoms with E-state index in [9.17, 15) is 0 Å². The van der Waals surface area contributed by atoms with Crippen molar-refractivity contribution in [1.82, 2.24) is 0 Å². The molecule has 2 nitrogen and oxygen atoms in total. The summed E-state index contributed by atoms with van der Waals surface area (Å²) in [5.74, 6) is 0.719. The Hall–Kier alpha value is -1.02. The third-order valence-electron chi connectivity index (χ3n) is 3.38. The number of rotatable bonds is 6. The van der Waals surface area contributed by atoms with E-state index in [1.807, 2.05) is 0 Å². The van der Waals surface area contributed by atoms with Crippen LogP contribution in [-0.2, 0) is 0 Å². The van der Waals surface area contributed by atoms with Crippen LogP contribution in [0.15, 0.2) is 24.3 Å². The second kappa shape index (κ2) is 6.65. The maximum atomic E-state index is 6.04. The van der Waals surface area contributed by atoms with Crippen LogP contribution in [0.25, 0.3) is 0 Å². The van der Waals surface area contributed by atoms with Crippen LogP contribution < -0.4 is 10.6 Å². The van der Waals surface area contributed by atoms with Crippen molar-refractivity contribution >= 4 is 5.69 Å². The van der Waals surface area contributed by atoms with E-state index >= 15 is 0 Å². The fourth-order valence-electron chi connectivity index (χ4n) is 2.06. The summed E-state index contributed by atoms with van der Waals surface area (Å²) in [7, 11) is 0. The van der Waals surface area contributed by atoms with Crippen molar-refractivity contribution < 1.29 is 0 Å². The summed E-state index contributed by atoms with van der Waals surface area (Å²) in [4.78, 5) is 2.44. The van der Waals surface area contributed by atoms with Gasteiger partial charge in [0.1, 0.15) is 0 Å². The highest BCUT2D eigenvalue weighted by molar-refractivity contribution is 5.54. The minimum Gasteiger partial charge on any atom is -0.371 e. The van der Waals surface area contributed by atoms with Gasteiger partial charge in [-0.25, -0.2) is 0 Å². The summed E-state index contributed by atoms with van der Waals surface area (Å²) in [6.07, 6.45) is 1.22. The topological polar surface area (TPSA) is 29.3 Å². The summed E-state index contributed by atoms with van der Waals surface area (Å²) < 4.78 is 0. The van der Waals surface area contributed by atoms with Crippen molar-refractivity contribution in [2.75, 3.05) is 18.0 Å². The van der Waals surface area contributed by atoms with Crippen molar-refractivity contribution in [1.29, 1.82) is 0 Å². The molecule has 0 aliphatic rings. The van der Waals surface area contributed by atoms with Gasteiger partial charge in [0, 0.05) is 24.8 Å². The van der Waals surface area contributed by atoms with Gasteiger partial charge in [-0.2, -0.15) is 0 Å². The molecule has 0 heterocycles. The first kappa shape index (κ1) is 14.0. The molecule has 0 saturated heterocycles. The molecule has 17 heavy (non-hydrogen) atoms. The summed E-state index contributed by atoms with van der Waals surface area (Å²) in [6, 6.07) is 8.58. The molecule has 96 valence electrons. The molecule has 2 N–H and O–H groups in total. The molecule has 1 rings (SSSR count). The van der Waals surface area contributed by atoms with E-state index in [0.29, 0.717) is 0 Å². The molecule has 2 heteroatoms. The fraction of sp³-hybridized carbons (Fsp3) is 0.600. The first-order chi connectivity index (χ1) is 8.10. The lowest BCUT2D eigenvalue weighted by Gasteiger charge is -2.29. The Balaban J connectivity index is 2.94. The highest BCUT2D eigenvalue weighted by Gasteiger charge is 2.13. The second-order valence-electron chi connectivity index (χ2n) is 4.90. The molecule has 0 aromatic heterocycles. The van der Waals surface area contributed by atoms with E-state index in [1.54, 1.807) is 0 Å². The number of benzene rings is 1. The molecule has 1 aromatic rings. The zero-order valence-corrected chi connectivity index (χ0v) is 11.6. The molecule has 1 unspecified atom stereocenters. The molecule has 1 aromatic carbocycles. The summed E-state index contributed by atoms with van der Waals surface area (Å²) in [6.45, 7) is 11.0. The van der Waals surface area contributed by atoms with Crippen LogP contribution in [0, 0.1) is 5.92 Å². The van der Waals surface area contributed by atoms with Gasteiger partial charge >= 0.3 is 0 Å². The minimum absolute atomic E-state index is 0.0946. The highest BCUT2D eigenvalue weighted by Crippen LogP contribution is 2.25. The molecule has 0 fully saturated rings. The second-order valence-corrected chi connectivity index (χ2v) is 4.90. The van der Waals surface area contributed by atoms with Crippen LogP contribution in [-0.4, -0.2) is 13.1 Å². The number of anilines is 1. The van der Waals surface area contributed by atoms with Gasteiger partial charge in [-0.3, -0.25) is 0 Å². The minimum atomic E-state index is 0.0946. The van der Waals surface area contributed by atoms with E-state index in [2.05, 4.69) is 56.9 Å². The predicted molar refractivity (Wildman–Crippen MR) is 76.4 cm³/mol. The zero-order chi connectivity index (χ0) is 12.8. The molecule has 2 atom stereocenters.